The summed E-state index contributed by atoms with van der Waals surface area (Å²) in [6.45, 7) is 6.19. The van der Waals surface area contributed by atoms with Gasteiger partial charge in [0.25, 0.3) is 0 Å². The topological polar surface area (TPSA) is 42.0 Å². The quantitative estimate of drug-likeness (QED) is 0.386. The molecule has 4 aromatic rings. The van der Waals surface area contributed by atoms with Gasteiger partial charge in [-0.15, -0.1) is 10.2 Å². The highest BCUT2D eigenvalue weighted by atomic mass is 19.1. The van der Waals surface area contributed by atoms with Crippen LogP contribution in [-0.2, 0) is 0 Å². The van der Waals surface area contributed by atoms with E-state index in [1.165, 1.54) is 23.3 Å². The van der Waals surface area contributed by atoms with E-state index < -0.39 is 0 Å². The van der Waals surface area contributed by atoms with Crippen molar-refractivity contribution in [1.82, 2.24) is 9.38 Å². The third-order valence-corrected chi connectivity index (χ3v) is 4.61. The minimum Gasteiger partial charge on any atom is -0.282 e. The van der Waals surface area contributed by atoms with Crippen LogP contribution in [0.15, 0.2) is 71.0 Å². The van der Waals surface area contributed by atoms with Crippen LogP contribution < -0.4 is 0 Å². The van der Waals surface area contributed by atoms with E-state index in [1.807, 2.05) is 35.7 Å². The van der Waals surface area contributed by atoms with Crippen molar-refractivity contribution in [2.24, 2.45) is 10.2 Å². The molecule has 0 N–H and O–H groups in total. The summed E-state index contributed by atoms with van der Waals surface area (Å²) in [5.41, 5.74) is 6.69. The molecule has 4 nitrogen and oxygen atoms in total. The van der Waals surface area contributed by atoms with E-state index >= 15 is 0 Å². The number of pyridine rings is 1. The molecular weight excluding hydrogens is 339 g/mol. The third kappa shape index (κ3) is 3.36. The Labute approximate surface area is 157 Å². The van der Waals surface area contributed by atoms with Gasteiger partial charge in [-0.1, -0.05) is 18.2 Å². The molecule has 5 heteroatoms. The highest BCUT2D eigenvalue weighted by Gasteiger charge is 2.15. The van der Waals surface area contributed by atoms with Crippen molar-refractivity contribution in [1.29, 1.82) is 0 Å². The van der Waals surface area contributed by atoms with Crippen LogP contribution in [0.4, 0.5) is 15.9 Å². The molecular formula is C22H19FN4. The summed E-state index contributed by atoms with van der Waals surface area (Å²) >= 11 is 0. The van der Waals surface area contributed by atoms with Gasteiger partial charge in [-0.3, -0.25) is 4.40 Å². The summed E-state index contributed by atoms with van der Waals surface area (Å²) in [7, 11) is 0. The van der Waals surface area contributed by atoms with E-state index in [2.05, 4.69) is 36.2 Å². The van der Waals surface area contributed by atoms with Gasteiger partial charge < -0.3 is 0 Å². The highest BCUT2D eigenvalue weighted by molar-refractivity contribution is 5.75. The zero-order valence-corrected chi connectivity index (χ0v) is 15.4. The molecule has 0 radical (unpaired) electrons. The molecule has 0 unspecified atom stereocenters. The molecule has 0 aliphatic heterocycles. The molecule has 134 valence electrons. The summed E-state index contributed by atoms with van der Waals surface area (Å²) < 4.78 is 15.1. The van der Waals surface area contributed by atoms with Gasteiger partial charge in [-0.2, -0.15) is 0 Å². The number of hydrogen-bond donors (Lipinski definition) is 0. The van der Waals surface area contributed by atoms with Crippen LogP contribution in [0.1, 0.15) is 16.7 Å². The standard InChI is InChI=1S/C22H19FN4/c1-14-4-11-20-24-21(17-6-5-15(2)16(3)12-17)22(27(20)13-14)26-25-19-9-7-18(23)8-10-19/h4-13H,1-3H3. The molecule has 0 aliphatic carbocycles. The van der Waals surface area contributed by atoms with Crippen LogP contribution in [0.3, 0.4) is 0 Å². The molecule has 0 saturated heterocycles. The van der Waals surface area contributed by atoms with Crippen molar-refractivity contribution in [2.75, 3.05) is 0 Å². The maximum absolute atomic E-state index is 13.1. The molecule has 0 fully saturated rings. The summed E-state index contributed by atoms with van der Waals surface area (Å²) in [5, 5.41) is 8.76. The van der Waals surface area contributed by atoms with Crippen molar-refractivity contribution in [3.05, 3.63) is 83.3 Å². The Hall–Kier alpha value is -3.34. The van der Waals surface area contributed by atoms with E-state index in [9.17, 15) is 4.39 Å². The smallest absolute Gasteiger partial charge is 0.187 e. The lowest BCUT2D eigenvalue weighted by atomic mass is 10.0. The van der Waals surface area contributed by atoms with Gasteiger partial charge in [-0.25, -0.2) is 9.37 Å². The van der Waals surface area contributed by atoms with Gasteiger partial charge >= 0.3 is 0 Å². The average Bonchev–Trinajstić information content (AvgIpc) is 3.01. The molecule has 2 aromatic heterocycles. The first-order chi connectivity index (χ1) is 13.0. The molecule has 0 amide bonds. The molecule has 0 saturated carbocycles. The SMILES string of the molecule is Cc1ccc2nc(-c3ccc(C)c(C)c3)c(N=Nc3ccc(F)cc3)n2c1. The highest BCUT2D eigenvalue weighted by Crippen LogP contribution is 2.33. The molecule has 0 spiro atoms. The second-order valence-electron chi connectivity index (χ2n) is 6.69. The number of azo groups is 1. The summed E-state index contributed by atoms with van der Waals surface area (Å²) in [5.74, 6) is 0.358. The minimum atomic E-state index is -0.296. The van der Waals surface area contributed by atoms with Crippen LogP contribution in [0.25, 0.3) is 16.9 Å². The van der Waals surface area contributed by atoms with E-state index in [4.69, 9.17) is 4.98 Å². The first-order valence-corrected chi connectivity index (χ1v) is 8.75. The fraction of sp³-hybridized carbons (Fsp3) is 0.136. The maximum atomic E-state index is 13.1. The molecule has 0 aliphatic rings. The zero-order valence-electron chi connectivity index (χ0n) is 15.4. The van der Waals surface area contributed by atoms with Crippen molar-refractivity contribution >= 4 is 17.2 Å². The van der Waals surface area contributed by atoms with Crippen LogP contribution in [-0.4, -0.2) is 9.38 Å². The fourth-order valence-corrected chi connectivity index (χ4v) is 2.93. The van der Waals surface area contributed by atoms with Crippen LogP contribution in [0, 0.1) is 26.6 Å². The summed E-state index contributed by atoms with van der Waals surface area (Å²) in [6, 6.07) is 16.2. The Balaban J connectivity index is 1.89. The number of nitrogens with zero attached hydrogens (tertiary/aromatic N) is 4. The van der Waals surface area contributed by atoms with E-state index in [1.54, 1.807) is 12.1 Å². The Morgan fingerprint density at radius 1 is 0.852 bits per heavy atom. The third-order valence-electron chi connectivity index (χ3n) is 4.61. The minimum absolute atomic E-state index is 0.296. The normalized spacial score (nSPS) is 11.6. The molecule has 0 bridgehead atoms. The van der Waals surface area contributed by atoms with Gasteiger partial charge in [-0.05, 0) is 73.9 Å². The second-order valence-corrected chi connectivity index (χ2v) is 6.69. The Kier molecular flexibility index (Phi) is 4.28. The first kappa shape index (κ1) is 17.1. The number of rotatable bonds is 3. The van der Waals surface area contributed by atoms with Crippen molar-refractivity contribution in [2.45, 2.75) is 20.8 Å². The lowest BCUT2D eigenvalue weighted by Crippen LogP contribution is -1.85. The maximum Gasteiger partial charge on any atom is 0.187 e. The Morgan fingerprint density at radius 2 is 1.63 bits per heavy atom. The van der Waals surface area contributed by atoms with Crippen LogP contribution in [0.2, 0.25) is 0 Å². The van der Waals surface area contributed by atoms with E-state index in [-0.39, 0.29) is 5.82 Å². The number of aryl methyl sites for hydroxylation is 3. The summed E-state index contributed by atoms with van der Waals surface area (Å²) in [4.78, 5) is 4.77. The zero-order chi connectivity index (χ0) is 19.0. The lowest BCUT2D eigenvalue weighted by Gasteiger charge is -2.04. The van der Waals surface area contributed by atoms with Crippen molar-refractivity contribution in [3.63, 3.8) is 0 Å². The molecule has 0 atom stereocenters. The Bertz CT molecular complexity index is 1160. The van der Waals surface area contributed by atoms with Gasteiger partial charge in [0.15, 0.2) is 5.82 Å². The predicted molar refractivity (Wildman–Crippen MR) is 105 cm³/mol. The average molecular weight is 358 g/mol. The van der Waals surface area contributed by atoms with Crippen LogP contribution >= 0.6 is 0 Å². The molecule has 2 heterocycles. The van der Waals surface area contributed by atoms with Crippen molar-refractivity contribution < 1.29 is 4.39 Å². The van der Waals surface area contributed by atoms with Gasteiger partial charge in [0.2, 0.25) is 0 Å². The predicted octanol–water partition coefficient (Wildman–Crippen LogP) is 6.48. The number of aromatic nitrogens is 2. The van der Waals surface area contributed by atoms with Gasteiger partial charge in [0, 0.05) is 11.8 Å². The number of hydrogen-bond acceptors (Lipinski definition) is 3. The number of fused-ring (bicyclic) bond motifs is 1. The molecule has 27 heavy (non-hydrogen) atoms. The van der Waals surface area contributed by atoms with E-state index in [0.29, 0.717) is 11.5 Å². The number of benzene rings is 2. The van der Waals surface area contributed by atoms with Crippen molar-refractivity contribution in [3.8, 4) is 11.3 Å². The number of halogens is 1. The largest absolute Gasteiger partial charge is 0.282 e. The Morgan fingerprint density at radius 3 is 2.37 bits per heavy atom. The van der Waals surface area contributed by atoms with E-state index in [0.717, 1.165) is 22.5 Å². The van der Waals surface area contributed by atoms with Gasteiger partial charge in [0.05, 0.1) is 5.69 Å². The summed E-state index contributed by atoms with van der Waals surface area (Å²) in [6.07, 6.45) is 1.99. The first-order valence-electron chi connectivity index (χ1n) is 8.75. The van der Waals surface area contributed by atoms with Crippen LogP contribution in [0.5, 0.6) is 0 Å². The molecule has 2 aromatic carbocycles. The monoisotopic (exact) mass is 358 g/mol. The second kappa shape index (κ2) is 6.76. The lowest BCUT2D eigenvalue weighted by molar-refractivity contribution is 0.628. The van der Waals surface area contributed by atoms with Gasteiger partial charge in [0.1, 0.15) is 17.2 Å². The fourth-order valence-electron chi connectivity index (χ4n) is 2.93. The number of imidazole rings is 1. The molecule has 4 rings (SSSR count).